The van der Waals surface area contributed by atoms with Crippen molar-refractivity contribution in [2.24, 2.45) is 0 Å². The lowest BCUT2D eigenvalue weighted by Gasteiger charge is -2.33. The number of carbonyl (C=O) groups excluding carboxylic acids is 1. The minimum atomic E-state index is -0.277. The van der Waals surface area contributed by atoms with Crippen LogP contribution in [0.25, 0.3) is 0 Å². The van der Waals surface area contributed by atoms with Crippen LogP contribution in [-0.4, -0.2) is 45.5 Å². The fourth-order valence-corrected chi connectivity index (χ4v) is 3.79. The first-order chi connectivity index (χ1) is 14.5. The van der Waals surface area contributed by atoms with Crippen molar-refractivity contribution in [1.29, 1.82) is 0 Å². The molecule has 1 aliphatic rings. The van der Waals surface area contributed by atoms with E-state index in [1.807, 2.05) is 56.3 Å². The highest BCUT2D eigenvalue weighted by Gasteiger charge is 2.28. The maximum atomic E-state index is 13.0. The van der Waals surface area contributed by atoms with Crippen molar-refractivity contribution in [2.45, 2.75) is 26.4 Å². The van der Waals surface area contributed by atoms with Gasteiger partial charge in [-0.1, -0.05) is 35.9 Å². The number of aryl methyl sites for hydroxylation is 2. The van der Waals surface area contributed by atoms with Gasteiger partial charge in [0.2, 0.25) is 0 Å². The Morgan fingerprint density at radius 2 is 2.00 bits per heavy atom. The van der Waals surface area contributed by atoms with E-state index in [1.165, 1.54) is 0 Å². The summed E-state index contributed by atoms with van der Waals surface area (Å²) in [4.78, 5) is 28.1. The summed E-state index contributed by atoms with van der Waals surface area (Å²) < 4.78 is 5.94. The van der Waals surface area contributed by atoms with Crippen molar-refractivity contribution >= 4 is 17.5 Å². The Morgan fingerprint density at radius 3 is 2.80 bits per heavy atom. The van der Waals surface area contributed by atoms with Crippen molar-refractivity contribution in [3.05, 3.63) is 87.7 Å². The molecule has 2 aromatic heterocycles. The molecule has 0 unspecified atom stereocenters. The van der Waals surface area contributed by atoms with Gasteiger partial charge in [0, 0.05) is 29.9 Å². The number of hydrogen-bond acceptors (Lipinski definition) is 5. The highest BCUT2D eigenvalue weighted by atomic mass is 35.5. The second-order valence-corrected chi connectivity index (χ2v) is 7.76. The van der Waals surface area contributed by atoms with Crippen LogP contribution in [0.3, 0.4) is 0 Å². The number of ether oxygens (including phenoxy) is 1. The fourth-order valence-electron chi connectivity index (χ4n) is 3.59. The normalized spacial score (nSPS) is 16.5. The van der Waals surface area contributed by atoms with Crippen LogP contribution in [-0.2, 0) is 11.2 Å². The Kier molecular flexibility index (Phi) is 6.06. The van der Waals surface area contributed by atoms with Gasteiger partial charge in [0.05, 0.1) is 30.1 Å². The van der Waals surface area contributed by atoms with Crippen molar-refractivity contribution in [3.8, 4) is 0 Å². The molecular weight excluding hydrogens is 400 g/mol. The molecule has 7 heteroatoms. The largest absolute Gasteiger partial charge is 0.368 e. The maximum Gasteiger partial charge on any atom is 0.257 e. The molecule has 0 aliphatic carbocycles. The lowest BCUT2D eigenvalue weighted by Crippen LogP contribution is -2.42. The van der Waals surface area contributed by atoms with Crippen LogP contribution in [0.1, 0.15) is 44.9 Å². The van der Waals surface area contributed by atoms with E-state index in [-0.39, 0.29) is 12.0 Å². The molecule has 4 rings (SSSR count). The van der Waals surface area contributed by atoms with Crippen LogP contribution in [0.2, 0.25) is 5.02 Å². The highest BCUT2D eigenvalue weighted by molar-refractivity contribution is 6.31. The Balaban J connectivity index is 1.51. The summed E-state index contributed by atoms with van der Waals surface area (Å²) in [6, 6.07) is 13.6. The van der Waals surface area contributed by atoms with E-state index < -0.39 is 0 Å². The van der Waals surface area contributed by atoms with Crippen LogP contribution < -0.4 is 0 Å². The monoisotopic (exact) mass is 422 g/mol. The van der Waals surface area contributed by atoms with E-state index >= 15 is 0 Å². The molecule has 3 aromatic rings. The molecule has 6 nitrogen and oxygen atoms in total. The molecule has 0 N–H and O–H groups in total. The molecule has 1 saturated heterocycles. The number of hydrogen-bond donors (Lipinski definition) is 0. The number of morpholine rings is 1. The maximum absolute atomic E-state index is 13.0. The number of benzene rings is 1. The van der Waals surface area contributed by atoms with Crippen molar-refractivity contribution in [1.82, 2.24) is 19.9 Å². The van der Waals surface area contributed by atoms with E-state index in [2.05, 4.69) is 9.97 Å². The first-order valence-corrected chi connectivity index (χ1v) is 10.3. The lowest BCUT2D eigenvalue weighted by molar-refractivity contribution is -0.0248. The summed E-state index contributed by atoms with van der Waals surface area (Å²) >= 11 is 6.29. The third-order valence-electron chi connectivity index (χ3n) is 5.17. The van der Waals surface area contributed by atoms with E-state index in [4.69, 9.17) is 21.3 Å². The average molecular weight is 423 g/mol. The van der Waals surface area contributed by atoms with Crippen LogP contribution in [0.15, 0.2) is 48.7 Å². The van der Waals surface area contributed by atoms with Gasteiger partial charge in [-0.05, 0) is 37.6 Å². The van der Waals surface area contributed by atoms with Crippen LogP contribution in [0.5, 0.6) is 0 Å². The zero-order chi connectivity index (χ0) is 21.1. The van der Waals surface area contributed by atoms with Crippen LogP contribution in [0, 0.1) is 13.8 Å². The van der Waals surface area contributed by atoms with Crippen LogP contribution >= 0.6 is 11.6 Å². The molecule has 1 amide bonds. The Hall–Kier alpha value is -2.83. The number of halogens is 1. The predicted molar refractivity (Wildman–Crippen MR) is 115 cm³/mol. The Bertz CT molecular complexity index is 1070. The van der Waals surface area contributed by atoms with E-state index in [0.29, 0.717) is 43.2 Å². The van der Waals surface area contributed by atoms with Gasteiger partial charge in [0.1, 0.15) is 11.9 Å². The molecule has 0 spiro atoms. The number of nitrogens with zero attached hydrogens (tertiary/aromatic N) is 4. The SMILES string of the molecule is Cc1ncc(C(=O)N2CCO[C@H](c3cccc(Cc4ccccc4Cl)n3)C2)c(C)n1. The molecule has 1 atom stereocenters. The Labute approximate surface area is 180 Å². The molecule has 1 aromatic carbocycles. The zero-order valence-corrected chi connectivity index (χ0v) is 17.8. The van der Waals surface area contributed by atoms with E-state index in [0.717, 1.165) is 22.0 Å². The van der Waals surface area contributed by atoms with Crippen molar-refractivity contribution in [2.75, 3.05) is 19.7 Å². The first-order valence-electron chi connectivity index (χ1n) is 9.91. The predicted octanol–water partition coefficient (Wildman–Crippen LogP) is 3.95. The molecule has 154 valence electrons. The van der Waals surface area contributed by atoms with Gasteiger partial charge in [-0.25, -0.2) is 9.97 Å². The average Bonchev–Trinajstić information content (AvgIpc) is 2.75. The van der Waals surface area contributed by atoms with Crippen LogP contribution in [0.4, 0.5) is 0 Å². The minimum Gasteiger partial charge on any atom is -0.368 e. The molecule has 0 saturated carbocycles. The van der Waals surface area contributed by atoms with Gasteiger partial charge in [-0.15, -0.1) is 0 Å². The number of pyridine rings is 1. The summed E-state index contributed by atoms with van der Waals surface area (Å²) in [5.74, 6) is 0.580. The summed E-state index contributed by atoms with van der Waals surface area (Å²) in [7, 11) is 0. The Morgan fingerprint density at radius 1 is 1.17 bits per heavy atom. The summed E-state index contributed by atoms with van der Waals surface area (Å²) in [5, 5.41) is 0.728. The van der Waals surface area contributed by atoms with Gasteiger partial charge in [0.25, 0.3) is 5.91 Å². The van der Waals surface area contributed by atoms with Gasteiger partial charge in [0.15, 0.2) is 0 Å². The summed E-state index contributed by atoms with van der Waals surface area (Å²) in [5.41, 5.74) is 3.97. The summed E-state index contributed by atoms with van der Waals surface area (Å²) in [6.45, 7) is 5.07. The molecular formula is C23H23ClN4O2. The molecule has 0 radical (unpaired) electrons. The highest BCUT2D eigenvalue weighted by Crippen LogP contribution is 2.24. The lowest BCUT2D eigenvalue weighted by atomic mass is 10.1. The first kappa shape index (κ1) is 20.4. The minimum absolute atomic E-state index is 0.0759. The topological polar surface area (TPSA) is 68.2 Å². The quantitative estimate of drug-likeness (QED) is 0.636. The van der Waals surface area contributed by atoms with E-state index in [1.54, 1.807) is 11.1 Å². The molecule has 3 heterocycles. The molecule has 1 aliphatic heterocycles. The third kappa shape index (κ3) is 4.50. The van der Waals surface area contributed by atoms with Crippen molar-refractivity contribution < 1.29 is 9.53 Å². The van der Waals surface area contributed by atoms with E-state index in [9.17, 15) is 4.79 Å². The van der Waals surface area contributed by atoms with Gasteiger partial charge in [-0.3, -0.25) is 9.78 Å². The van der Waals surface area contributed by atoms with Gasteiger partial charge < -0.3 is 9.64 Å². The third-order valence-corrected chi connectivity index (χ3v) is 5.54. The summed E-state index contributed by atoms with van der Waals surface area (Å²) in [6.07, 6.45) is 1.97. The van der Waals surface area contributed by atoms with Gasteiger partial charge in [-0.2, -0.15) is 0 Å². The fraction of sp³-hybridized carbons (Fsp3) is 0.304. The molecule has 30 heavy (non-hydrogen) atoms. The zero-order valence-electron chi connectivity index (χ0n) is 17.0. The number of rotatable bonds is 4. The van der Waals surface area contributed by atoms with Gasteiger partial charge >= 0.3 is 0 Å². The smallest absolute Gasteiger partial charge is 0.257 e. The standard InChI is InChI=1S/C23H23ClN4O2/c1-15-19(13-25-16(2)26-15)23(29)28-10-11-30-22(14-28)21-9-5-7-18(27-21)12-17-6-3-4-8-20(17)24/h3-9,13,22H,10-12,14H2,1-2H3/t22-/m0/s1. The molecule has 0 bridgehead atoms. The van der Waals surface area contributed by atoms with Crippen molar-refractivity contribution in [3.63, 3.8) is 0 Å². The number of carbonyl (C=O) groups is 1. The number of amides is 1. The number of aromatic nitrogens is 3. The second-order valence-electron chi connectivity index (χ2n) is 7.35. The molecule has 1 fully saturated rings. The second kappa shape index (κ2) is 8.90.